The Morgan fingerprint density at radius 2 is 1.87 bits per heavy atom. The van der Waals surface area contributed by atoms with Crippen molar-refractivity contribution >= 4 is 29.0 Å². The first-order chi connectivity index (χ1) is 18.2. The van der Waals surface area contributed by atoms with E-state index in [1.165, 1.54) is 11.0 Å². The summed E-state index contributed by atoms with van der Waals surface area (Å²) < 4.78 is 14.7. The van der Waals surface area contributed by atoms with Gasteiger partial charge in [0.15, 0.2) is 0 Å². The number of aliphatic hydroxyl groups excluding tert-OH is 1. The van der Waals surface area contributed by atoms with E-state index >= 15 is 0 Å². The maximum Gasteiger partial charge on any atom is 0.322 e. The number of benzene rings is 3. The molecule has 1 heterocycles. The maximum atomic E-state index is 14.7. The topological polar surface area (TPSA) is 158 Å². The van der Waals surface area contributed by atoms with E-state index < -0.39 is 35.4 Å². The Morgan fingerprint density at radius 1 is 1.11 bits per heavy atom. The van der Waals surface area contributed by atoms with E-state index in [1.54, 1.807) is 54.6 Å². The van der Waals surface area contributed by atoms with Crippen LogP contribution in [0.4, 0.5) is 26.2 Å². The van der Waals surface area contributed by atoms with Crippen molar-refractivity contribution in [3.8, 4) is 6.07 Å². The Kier molecular flexibility index (Phi) is 6.48. The molecule has 1 aliphatic heterocycles. The third kappa shape index (κ3) is 4.89. The first-order valence-corrected chi connectivity index (χ1v) is 12.2. The number of likely N-dealkylation sites (tertiary alicyclic amines) is 1. The van der Waals surface area contributed by atoms with Gasteiger partial charge in [-0.1, -0.05) is 18.2 Å². The average Bonchev–Trinajstić information content (AvgIpc) is 3.45. The number of amides is 3. The molecule has 3 aromatic rings. The number of hydrogen-bond donors (Lipinski definition) is 5. The van der Waals surface area contributed by atoms with Gasteiger partial charge in [0.2, 0.25) is 5.91 Å². The molecule has 2 aliphatic rings. The summed E-state index contributed by atoms with van der Waals surface area (Å²) in [6.07, 6.45) is -0.270. The number of carbonyl (C=O) groups is 2. The number of nitrogen functional groups attached to an aromatic ring is 1. The second-order valence-electron chi connectivity index (χ2n) is 9.83. The number of β-amino-alcohol motifs (C(OH)–C–C–N with tert-alkyl or cyclic N) is 1. The van der Waals surface area contributed by atoms with Crippen LogP contribution in [0.15, 0.2) is 66.7 Å². The predicted octanol–water partition coefficient (Wildman–Crippen LogP) is 3.23. The molecule has 0 bridgehead atoms. The molecule has 3 aromatic carbocycles. The molecule has 2 unspecified atom stereocenters. The van der Waals surface area contributed by atoms with Crippen molar-refractivity contribution in [2.75, 3.05) is 22.9 Å². The van der Waals surface area contributed by atoms with Crippen molar-refractivity contribution in [2.24, 2.45) is 5.73 Å². The lowest BCUT2D eigenvalue weighted by atomic mass is 9.97. The predicted molar refractivity (Wildman–Crippen MR) is 140 cm³/mol. The molecule has 4 atom stereocenters. The quantitative estimate of drug-likeness (QED) is 0.329. The number of aliphatic hydroxyl groups is 1. The minimum absolute atomic E-state index is 0.0199. The van der Waals surface area contributed by atoms with Gasteiger partial charge < -0.3 is 32.1 Å². The highest BCUT2D eigenvalue weighted by molar-refractivity contribution is 6.00. The number of nitrogens with two attached hydrogens (primary N) is 2. The lowest BCUT2D eigenvalue weighted by molar-refractivity contribution is -0.119. The molecule has 3 amide bonds. The number of nitrogens with zero attached hydrogens (tertiary/aromatic N) is 2. The third-order valence-electron chi connectivity index (χ3n) is 7.19. The van der Waals surface area contributed by atoms with Crippen molar-refractivity contribution in [1.29, 1.82) is 5.26 Å². The number of nitrogens with one attached hydrogen (secondary N) is 2. The van der Waals surface area contributed by atoms with Gasteiger partial charge in [0, 0.05) is 35.8 Å². The summed E-state index contributed by atoms with van der Waals surface area (Å²) >= 11 is 0. The minimum atomic E-state index is -0.995. The van der Waals surface area contributed by atoms with E-state index in [4.69, 9.17) is 11.5 Å². The van der Waals surface area contributed by atoms with Gasteiger partial charge in [-0.3, -0.25) is 4.79 Å². The highest BCUT2D eigenvalue weighted by Gasteiger charge is 2.53. The van der Waals surface area contributed by atoms with Gasteiger partial charge in [-0.15, -0.1) is 0 Å². The standard InChI is InChI=1S/C28H27FN6O3/c29-23-9-4-17(22-13-28(22,32)18-3-1-2-16(10-18)14-30)11-24(23)34-26(37)25-12-21(36)15-35(25)27(38)33-20-7-5-19(31)6-8-20/h1-11,21-22,25,36H,12-13,15,31-32H2,(H,33,38)(H,34,37)/t21-,22?,25-,28?/m1/s1. The third-order valence-corrected chi connectivity index (χ3v) is 7.19. The van der Waals surface area contributed by atoms with Gasteiger partial charge in [-0.25, -0.2) is 9.18 Å². The molecule has 0 aromatic heterocycles. The van der Waals surface area contributed by atoms with Crippen LogP contribution in [0.1, 0.15) is 35.4 Å². The monoisotopic (exact) mass is 514 g/mol. The zero-order chi connectivity index (χ0) is 27.0. The molecule has 38 heavy (non-hydrogen) atoms. The van der Waals surface area contributed by atoms with Gasteiger partial charge in [-0.05, 0) is 66.1 Å². The molecular weight excluding hydrogens is 487 g/mol. The minimum Gasteiger partial charge on any atom is -0.399 e. The fourth-order valence-electron chi connectivity index (χ4n) is 5.01. The summed E-state index contributed by atoms with van der Waals surface area (Å²) in [6, 6.07) is 18.6. The van der Waals surface area contributed by atoms with Gasteiger partial charge in [0.25, 0.3) is 0 Å². The van der Waals surface area contributed by atoms with Gasteiger partial charge in [0.1, 0.15) is 11.9 Å². The number of carbonyl (C=O) groups excluding carboxylic acids is 2. The average molecular weight is 515 g/mol. The summed E-state index contributed by atoms with van der Waals surface area (Å²) in [4.78, 5) is 27.3. The molecule has 10 heteroatoms. The van der Waals surface area contributed by atoms with Crippen LogP contribution in [0, 0.1) is 17.1 Å². The Bertz CT molecular complexity index is 1440. The molecule has 2 fully saturated rings. The Balaban J connectivity index is 1.30. The number of urea groups is 1. The van der Waals surface area contributed by atoms with Crippen LogP contribution in [0.3, 0.4) is 0 Å². The van der Waals surface area contributed by atoms with Gasteiger partial charge in [0.05, 0.1) is 23.4 Å². The highest BCUT2D eigenvalue weighted by Crippen LogP contribution is 2.56. The molecule has 1 saturated heterocycles. The van der Waals surface area contributed by atoms with Crippen molar-refractivity contribution in [2.45, 2.75) is 36.4 Å². The van der Waals surface area contributed by atoms with Crippen LogP contribution < -0.4 is 22.1 Å². The number of halogens is 1. The molecule has 1 aliphatic carbocycles. The largest absolute Gasteiger partial charge is 0.399 e. The van der Waals surface area contributed by atoms with E-state index in [2.05, 4.69) is 16.7 Å². The van der Waals surface area contributed by atoms with Crippen LogP contribution in [0.25, 0.3) is 0 Å². The molecule has 1 saturated carbocycles. The van der Waals surface area contributed by atoms with Crippen molar-refractivity contribution in [1.82, 2.24) is 4.90 Å². The Labute approximate surface area is 218 Å². The number of hydrogen-bond acceptors (Lipinski definition) is 6. The second kappa shape index (κ2) is 9.78. The van der Waals surface area contributed by atoms with E-state index in [0.29, 0.717) is 23.4 Å². The van der Waals surface area contributed by atoms with Crippen LogP contribution in [-0.4, -0.2) is 40.6 Å². The van der Waals surface area contributed by atoms with E-state index in [-0.39, 0.29) is 24.6 Å². The van der Waals surface area contributed by atoms with Crippen LogP contribution in [0.2, 0.25) is 0 Å². The van der Waals surface area contributed by atoms with Gasteiger partial charge >= 0.3 is 6.03 Å². The number of nitriles is 1. The number of rotatable bonds is 5. The van der Waals surface area contributed by atoms with E-state index in [0.717, 1.165) is 11.1 Å². The zero-order valence-corrected chi connectivity index (χ0v) is 20.4. The van der Waals surface area contributed by atoms with Crippen LogP contribution >= 0.6 is 0 Å². The van der Waals surface area contributed by atoms with Gasteiger partial charge in [-0.2, -0.15) is 5.26 Å². The van der Waals surface area contributed by atoms with Crippen molar-refractivity contribution in [3.05, 3.63) is 89.2 Å². The Hall–Kier alpha value is -4.46. The van der Waals surface area contributed by atoms with Crippen LogP contribution in [0.5, 0.6) is 0 Å². The molecule has 5 rings (SSSR count). The lowest BCUT2D eigenvalue weighted by Gasteiger charge is -2.24. The van der Waals surface area contributed by atoms with E-state index in [9.17, 15) is 24.3 Å². The fraction of sp³-hybridized carbons (Fsp3) is 0.250. The summed E-state index contributed by atoms with van der Waals surface area (Å²) in [6.45, 7) is -0.0407. The Morgan fingerprint density at radius 3 is 2.61 bits per heavy atom. The summed E-state index contributed by atoms with van der Waals surface area (Å²) in [5.74, 6) is -1.36. The van der Waals surface area contributed by atoms with Crippen molar-refractivity contribution < 1.29 is 19.1 Å². The molecule has 0 radical (unpaired) electrons. The SMILES string of the molecule is N#Cc1cccc(C2(N)CC2c2ccc(F)c(NC(=O)[C@H]3C[C@@H](O)CN3C(=O)Nc3ccc(N)cc3)c2)c1. The fourth-order valence-corrected chi connectivity index (χ4v) is 5.01. The molecular formula is C28H27FN6O3. The van der Waals surface area contributed by atoms with Crippen molar-refractivity contribution in [3.63, 3.8) is 0 Å². The second-order valence-corrected chi connectivity index (χ2v) is 9.83. The number of anilines is 3. The lowest BCUT2D eigenvalue weighted by Crippen LogP contribution is -2.45. The first kappa shape index (κ1) is 25.2. The maximum absolute atomic E-state index is 14.7. The van der Waals surface area contributed by atoms with E-state index in [1.807, 2.05) is 6.07 Å². The molecule has 7 N–H and O–H groups in total. The molecule has 194 valence electrons. The first-order valence-electron chi connectivity index (χ1n) is 12.2. The molecule has 9 nitrogen and oxygen atoms in total. The highest BCUT2D eigenvalue weighted by atomic mass is 19.1. The van der Waals surface area contributed by atoms with Crippen LogP contribution in [-0.2, 0) is 10.3 Å². The molecule has 0 spiro atoms. The summed E-state index contributed by atoms with van der Waals surface area (Å²) in [5.41, 5.74) is 14.7. The summed E-state index contributed by atoms with van der Waals surface area (Å²) in [7, 11) is 0. The summed E-state index contributed by atoms with van der Waals surface area (Å²) in [5, 5.41) is 24.7. The smallest absolute Gasteiger partial charge is 0.322 e. The normalized spacial score (nSPS) is 23.9. The zero-order valence-electron chi connectivity index (χ0n) is 20.4.